The van der Waals surface area contributed by atoms with Gasteiger partial charge >= 0.3 is 0 Å². The first kappa shape index (κ1) is 15.8. The lowest BCUT2D eigenvalue weighted by Gasteiger charge is -2.16. The van der Waals surface area contributed by atoms with Gasteiger partial charge in [-0.2, -0.15) is 0 Å². The van der Waals surface area contributed by atoms with E-state index in [-0.39, 0.29) is 5.91 Å². The van der Waals surface area contributed by atoms with Crippen LogP contribution in [0, 0.1) is 5.41 Å². The Kier molecular flexibility index (Phi) is 4.60. The average molecular weight is 300 g/mol. The standard InChI is InChI=1S/C16H20N4O2/c1-16(2,3)15(21)18-14-9-8-13(19-20-14)17-11-6-5-7-12(10-11)22-4/h5-10H,1-4H3,(H,17,19)(H,18,20,21). The molecule has 0 unspecified atom stereocenters. The number of hydrogen-bond donors (Lipinski definition) is 2. The van der Waals surface area contributed by atoms with Crippen LogP contribution in [0.3, 0.4) is 0 Å². The van der Waals surface area contributed by atoms with Crippen LogP contribution >= 0.6 is 0 Å². The predicted octanol–water partition coefficient (Wildman–Crippen LogP) is 3.21. The fraction of sp³-hybridized carbons (Fsp3) is 0.312. The van der Waals surface area contributed by atoms with E-state index in [0.29, 0.717) is 11.6 Å². The topological polar surface area (TPSA) is 76.1 Å². The number of amides is 1. The van der Waals surface area contributed by atoms with Crippen molar-refractivity contribution in [3.05, 3.63) is 36.4 Å². The summed E-state index contributed by atoms with van der Waals surface area (Å²) in [4.78, 5) is 11.9. The van der Waals surface area contributed by atoms with Gasteiger partial charge in [0, 0.05) is 17.2 Å². The summed E-state index contributed by atoms with van der Waals surface area (Å²) in [5.41, 5.74) is 0.374. The smallest absolute Gasteiger partial charge is 0.230 e. The molecular weight excluding hydrogens is 280 g/mol. The van der Waals surface area contributed by atoms with Gasteiger partial charge in [-0.15, -0.1) is 10.2 Å². The number of carbonyl (C=O) groups is 1. The highest BCUT2D eigenvalue weighted by atomic mass is 16.5. The zero-order valence-corrected chi connectivity index (χ0v) is 13.2. The molecule has 1 aromatic carbocycles. The van der Waals surface area contributed by atoms with E-state index in [2.05, 4.69) is 20.8 Å². The quantitative estimate of drug-likeness (QED) is 0.906. The lowest BCUT2D eigenvalue weighted by molar-refractivity contribution is -0.123. The second kappa shape index (κ2) is 6.43. The summed E-state index contributed by atoms with van der Waals surface area (Å²) in [6.45, 7) is 5.53. The molecular formula is C16H20N4O2. The van der Waals surface area contributed by atoms with Crippen molar-refractivity contribution in [1.29, 1.82) is 0 Å². The van der Waals surface area contributed by atoms with Gasteiger partial charge in [0.15, 0.2) is 11.6 Å². The van der Waals surface area contributed by atoms with Gasteiger partial charge < -0.3 is 15.4 Å². The zero-order valence-electron chi connectivity index (χ0n) is 13.2. The van der Waals surface area contributed by atoms with E-state index < -0.39 is 5.41 Å². The molecule has 0 saturated heterocycles. The SMILES string of the molecule is COc1cccc(Nc2ccc(NC(=O)C(C)(C)C)nn2)c1. The van der Waals surface area contributed by atoms with Crippen molar-refractivity contribution < 1.29 is 9.53 Å². The Morgan fingerprint density at radius 1 is 1.09 bits per heavy atom. The molecule has 22 heavy (non-hydrogen) atoms. The molecule has 0 radical (unpaired) electrons. The number of aromatic nitrogens is 2. The second-order valence-electron chi connectivity index (χ2n) is 5.86. The highest BCUT2D eigenvalue weighted by Crippen LogP contribution is 2.21. The minimum absolute atomic E-state index is 0.102. The van der Waals surface area contributed by atoms with E-state index in [1.54, 1.807) is 19.2 Å². The number of anilines is 3. The number of methoxy groups -OCH3 is 1. The van der Waals surface area contributed by atoms with Gasteiger partial charge in [0.1, 0.15) is 5.75 Å². The highest BCUT2D eigenvalue weighted by molar-refractivity contribution is 5.93. The van der Waals surface area contributed by atoms with E-state index in [1.165, 1.54) is 0 Å². The summed E-state index contributed by atoms with van der Waals surface area (Å²) in [5, 5.41) is 13.9. The Balaban J connectivity index is 2.04. The van der Waals surface area contributed by atoms with Crippen LogP contribution in [-0.4, -0.2) is 23.2 Å². The maximum atomic E-state index is 11.9. The first-order valence-electron chi connectivity index (χ1n) is 6.95. The minimum atomic E-state index is -0.473. The lowest BCUT2D eigenvalue weighted by atomic mass is 9.96. The van der Waals surface area contributed by atoms with Gasteiger partial charge in [0.2, 0.25) is 5.91 Å². The summed E-state index contributed by atoms with van der Waals surface area (Å²) in [7, 11) is 1.62. The van der Waals surface area contributed by atoms with Gasteiger partial charge in [-0.1, -0.05) is 26.8 Å². The third-order valence-electron chi connectivity index (χ3n) is 2.93. The summed E-state index contributed by atoms with van der Waals surface area (Å²) < 4.78 is 5.16. The largest absolute Gasteiger partial charge is 0.497 e. The van der Waals surface area contributed by atoms with Crippen LogP contribution < -0.4 is 15.4 Å². The van der Waals surface area contributed by atoms with E-state index in [0.717, 1.165) is 11.4 Å². The first-order chi connectivity index (χ1) is 10.4. The number of nitrogens with one attached hydrogen (secondary N) is 2. The molecule has 6 heteroatoms. The van der Waals surface area contributed by atoms with Gasteiger partial charge in [-0.3, -0.25) is 4.79 Å². The Labute approximate surface area is 129 Å². The molecule has 0 aliphatic heterocycles. The molecule has 0 atom stereocenters. The molecule has 2 aromatic rings. The van der Waals surface area contributed by atoms with Crippen LogP contribution in [0.1, 0.15) is 20.8 Å². The number of hydrogen-bond acceptors (Lipinski definition) is 5. The van der Waals surface area contributed by atoms with Crippen LogP contribution in [0.15, 0.2) is 36.4 Å². The van der Waals surface area contributed by atoms with Crippen molar-refractivity contribution in [3.8, 4) is 5.75 Å². The van der Waals surface area contributed by atoms with Gasteiger partial charge in [-0.05, 0) is 24.3 Å². The maximum absolute atomic E-state index is 11.9. The Morgan fingerprint density at radius 3 is 2.36 bits per heavy atom. The molecule has 0 saturated carbocycles. The van der Waals surface area contributed by atoms with Crippen LogP contribution in [-0.2, 0) is 4.79 Å². The molecule has 0 aliphatic rings. The third-order valence-corrected chi connectivity index (χ3v) is 2.93. The van der Waals surface area contributed by atoms with Crippen molar-refractivity contribution in [1.82, 2.24) is 10.2 Å². The van der Waals surface area contributed by atoms with E-state index in [1.807, 2.05) is 45.0 Å². The summed E-state index contributed by atoms with van der Waals surface area (Å²) in [6, 6.07) is 11.0. The molecule has 0 fully saturated rings. The average Bonchev–Trinajstić information content (AvgIpc) is 2.48. The molecule has 116 valence electrons. The van der Waals surface area contributed by atoms with Crippen molar-refractivity contribution >= 4 is 23.2 Å². The number of nitrogens with zero attached hydrogens (tertiary/aromatic N) is 2. The van der Waals surface area contributed by atoms with Crippen LogP contribution in [0.4, 0.5) is 17.3 Å². The van der Waals surface area contributed by atoms with Crippen LogP contribution in [0.5, 0.6) is 5.75 Å². The fourth-order valence-corrected chi connectivity index (χ4v) is 1.62. The molecule has 1 heterocycles. The molecule has 2 N–H and O–H groups in total. The van der Waals surface area contributed by atoms with Crippen molar-refractivity contribution in [2.24, 2.45) is 5.41 Å². The zero-order chi connectivity index (χ0) is 16.2. The predicted molar refractivity (Wildman–Crippen MR) is 86.4 cm³/mol. The Hall–Kier alpha value is -2.63. The molecule has 0 spiro atoms. The van der Waals surface area contributed by atoms with Crippen LogP contribution in [0.2, 0.25) is 0 Å². The monoisotopic (exact) mass is 300 g/mol. The normalized spacial score (nSPS) is 10.9. The first-order valence-corrected chi connectivity index (χ1v) is 6.95. The maximum Gasteiger partial charge on any atom is 0.230 e. The number of carbonyl (C=O) groups excluding carboxylic acids is 1. The number of ether oxygens (including phenoxy) is 1. The molecule has 1 amide bonds. The Bertz CT molecular complexity index is 648. The lowest BCUT2D eigenvalue weighted by Crippen LogP contribution is -2.28. The van der Waals surface area contributed by atoms with E-state index in [9.17, 15) is 4.79 Å². The fourth-order valence-electron chi connectivity index (χ4n) is 1.62. The molecule has 2 rings (SSSR count). The van der Waals surface area contributed by atoms with Crippen LogP contribution in [0.25, 0.3) is 0 Å². The molecule has 0 bridgehead atoms. The van der Waals surface area contributed by atoms with E-state index >= 15 is 0 Å². The van der Waals surface area contributed by atoms with Gasteiger partial charge in [0.25, 0.3) is 0 Å². The summed E-state index contributed by atoms with van der Waals surface area (Å²) >= 11 is 0. The van der Waals surface area contributed by atoms with Gasteiger partial charge in [0.05, 0.1) is 7.11 Å². The van der Waals surface area contributed by atoms with Crippen molar-refractivity contribution in [2.75, 3.05) is 17.7 Å². The Morgan fingerprint density at radius 2 is 1.77 bits per heavy atom. The highest BCUT2D eigenvalue weighted by Gasteiger charge is 2.21. The van der Waals surface area contributed by atoms with E-state index in [4.69, 9.17) is 4.74 Å². The molecule has 0 aliphatic carbocycles. The summed E-state index contributed by atoms with van der Waals surface area (Å²) in [5.74, 6) is 1.67. The third kappa shape index (κ3) is 4.18. The summed E-state index contributed by atoms with van der Waals surface area (Å²) in [6.07, 6.45) is 0. The van der Waals surface area contributed by atoms with Gasteiger partial charge in [-0.25, -0.2) is 0 Å². The molecule has 1 aromatic heterocycles. The molecule has 6 nitrogen and oxygen atoms in total. The second-order valence-corrected chi connectivity index (χ2v) is 5.86. The minimum Gasteiger partial charge on any atom is -0.497 e. The van der Waals surface area contributed by atoms with Crippen molar-refractivity contribution in [3.63, 3.8) is 0 Å². The van der Waals surface area contributed by atoms with Crippen molar-refractivity contribution in [2.45, 2.75) is 20.8 Å². The number of benzene rings is 1. The number of rotatable bonds is 4.